The molecular weight excluding hydrogens is 446 g/mol. The van der Waals surface area contributed by atoms with Crippen LogP contribution in [0.2, 0.25) is 0 Å². The Morgan fingerprint density at radius 1 is 1.24 bits per heavy atom. The highest BCUT2D eigenvalue weighted by molar-refractivity contribution is 7.15. The molecule has 182 valence electrons. The van der Waals surface area contributed by atoms with E-state index in [0.717, 1.165) is 61.6 Å². The van der Waals surface area contributed by atoms with Crippen LogP contribution in [0.15, 0.2) is 24.4 Å². The number of carboxylic acid groups (broad SMARTS) is 1. The van der Waals surface area contributed by atoms with Crippen LogP contribution in [-0.2, 0) is 6.54 Å². The molecule has 2 aliphatic rings. The van der Waals surface area contributed by atoms with Crippen molar-refractivity contribution in [2.75, 3.05) is 18.4 Å². The second kappa shape index (κ2) is 10.8. The number of carboxylic acids is 1. The van der Waals surface area contributed by atoms with Gasteiger partial charge in [0.1, 0.15) is 10.6 Å². The second-order valence-corrected chi connectivity index (χ2v) is 11.4. The number of nitrogens with zero attached hydrogens (tertiary/aromatic N) is 2. The predicted octanol–water partition coefficient (Wildman–Crippen LogP) is 5.64. The van der Waals surface area contributed by atoms with Crippen LogP contribution in [0.1, 0.15) is 79.5 Å². The van der Waals surface area contributed by atoms with Crippen molar-refractivity contribution in [1.82, 2.24) is 9.88 Å². The summed E-state index contributed by atoms with van der Waals surface area (Å²) < 4.78 is 6.29. The molecule has 0 radical (unpaired) electrons. The fourth-order valence-corrected chi connectivity index (χ4v) is 5.30. The van der Waals surface area contributed by atoms with Gasteiger partial charge < -0.3 is 15.2 Å². The number of hydrogen-bond donors (Lipinski definition) is 2. The Hall–Kier alpha value is -2.56. The van der Waals surface area contributed by atoms with E-state index in [1.807, 2.05) is 39.1 Å². The van der Waals surface area contributed by atoms with Crippen LogP contribution in [0.3, 0.4) is 0 Å². The maximum absolute atomic E-state index is 11.8. The van der Waals surface area contributed by atoms with Crippen LogP contribution in [0.4, 0.5) is 5.69 Å². The zero-order valence-corrected chi connectivity index (χ0v) is 21.2. The van der Waals surface area contributed by atoms with Gasteiger partial charge in [-0.05, 0) is 84.5 Å². The van der Waals surface area contributed by atoms with E-state index in [1.54, 1.807) is 0 Å². The largest absolute Gasteiger partial charge is 0.490 e. The summed E-state index contributed by atoms with van der Waals surface area (Å²) in [6.07, 6.45) is 8.32. The molecule has 2 fully saturated rings. The summed E-state index contributed by atoms with van der Waals surface area (Å²) in [5.74, 6) is 6.32. The first-order valence-electron chi connectivity index (χ1n) is 12.3. The fraction of sp³-hybridized carbons (Fsp3) is 0.556. The number of carbonyl (C=O) groups is 1. The quantitative estimate of drug-likeness (QED) is 0.499. The second-order valence-electron chi connectivity index (χ2n) is 10.4. The number of hydrogen-bond acceptors (Lipinski definition) is 6. The Kier molecular flexibility index (Phi) is 7.80. The number of thiophene rings is 1. The smallest absolute Gasteiger partial charge is 0.348 e. The summed E-state index contributed by atoms with van der Waals surface area (Å²) in [5.41, 5.74) is 1.63. The molecule has 6 nitrogen and oxygen atoms in total. The van der Waals surface area contributed by atoms with Gasteiger partial charge in [-0.25, -0.2) is 4.79 Å². The molecule has 3 heterocycles. The molecule has 7 heteroatoms. The van der Waals surface area contributed by atoms with Gasteiger partial charge >= 0.3 is 5.97 Å². The molecule has 1 aliphatic heterocycles. The summed E-state index contributed by atoms with van der Waals surface area (Å²) in [6, 6.07) is 6.14. The Balaban J connectivity index is 1.31. The third-order valence-corrected chi connectivity index (χ3v) is 7.23. The molecule has 0 spiro atoms. The van der Waals surface area contributed by atoms with Crippen LogP contribution >= 0.6 is 11.3 Å². The molecule has 0 unspecified atom stereocenters. The SMILES string of the molecule is CC(C)(C)C#Cc1cc(NC2CCC(Oc3ccnc(CN4CCCC4)c3)CC2)c(C(=O)O)s1. The van der Waals surface area contributed by atoms with Gasteiger partial charge in [0.15, 0.2) is 0 Å². The summed E-state index contributed by atoms with van der Waals surface area (Å²) in [6.45, 7) is 9.34. The van der Waals surface area contributed by atoms with Gasteiger partial charge in [0.05, 0.1) is 22.4 Å². The lowest BCUT2D eigenvalue weighted by Crippen LogP contribution is -2.31. The number of likely N-dealkylation sites (tertiary alicyclic amines) is 1. The molecule has 2 aromatic heterocycles. The molecule has 1 aliphatic carbocycles. The number of ether oxygens (including phenoxy) is 1. The molecule has 2 N–H and O–H groups in total. The van der Waals surface area contributed by atoms with E-state index in [9.17, 15) is 9.90 Å². The number of pyridine rings is 1. The van der Waals surface area contributed by atoms with E-state index < -0.39 is 5.97 Å². The third kappa shape index (κ3) is 6.97. The lowest BCUT2D eigenvalue weighted by Gasteiger charge is -2.30. The molecule has 1 saturated heterocycles. The fourth-order valence-electron chi connectivity index (χ4n) is 4.49. The standard InChI is InChI=1S/C27H35N3O3S/c1-27(2,3)12-10-23-17-24(25(34-23)26(31)32)29-19-6-8-21(9-7-19)33-22-11-13-28-20(16-22)18-30-14-4-5-15-30/h11,13,16-17,19,21,29H,4-9,14-15,18H2,1-3H3,(H,31,32). The Morgan fingerprint density at radius 3 is 2.65 bits per heavy atom. The van der Waals surface area contributed by atoms with Crippen LogP contribution in [0, 0.1) is 17.3 Å². The van der Waals surface area contributed by atoms with Gasteiger partial charge in [-0.1, -0.05) is 11.8 Å². The van der Waals surface area contributed by atoms with E-state index in [0.29, 0.717) is 10.6 Å². The number of aromatic nitrogens is 1. The predicted molar refractivity (Wildman–Crippen MR) is 137 cm³/mol. The summed E-state index contributed by atoms with van der Waals surface area (Å²) >= 11 is 1.24. The minimum absolute atomic E-state index is 0.122. The zero-order chi connectivity index (χ0) is 24.1. The van der Waals surface area contributed by atoms with Crippen LogP contribution in [0.5, 0.6) is 5.75 Å². The van der Waals surface area contributed by atoms with E-state index in [2.05, 4.69) is 33.1 Å². The Morgan fingerprint density at radius 2 is 1.97 bits per heavy atom. The van der Waals surface area contributed by atoms with Crippen molar-refractivity contribution < 1.29 is 14.6 Å². The maximum Gasteiger partial charge on any atom is 0.348 e. The number of aromatic carboxylic acids is 1. The minimum Gasteiger partial charge on any atom is -0.490 e. The molecule has 4 rings (SSSR count). The van der Waals surface area contributed by atoms with Crippen molar-refractivity contribution in [2.45, 2.75) is 78.0 Å². The van der Waals surface area contributed by atoms with Gasteiger partial charge in [-0.15, -0.1) is 11.3 Å². The summed E-state index contributed by atoms with van der Waals surface area (Å²) in [4.78, 5) is 19.8. The van der Waals surface area contributed by atoms with Crippen molar-refractivity contribution in [3.8, 4) is 17.6 Å². The summed E-state index contributed by atoms with van der Waals surface area (Å²) in [7, 11) is 0. The van der Waals surface area contributed by atoms with Crippen molar-refractivity contribution in [1.29, 1.82) is 0 Å². The van der Waals surface area contributed by atoms with Gasteiger partial charge in [-0.2, -0.15) is 0 Å². The zero-order valence-electron chi connectivity index (χ0n) is 20.4. The van der Waals surface area contributed by atoms with Crippen molar-refractivity contribution in [3.63, 3.8) is 0 Å². The topological polar surface area (TPSA) is 74.7 Å². The van der Waals surface area contributed by atoms with Gasteiger partial charge in [0.2, 0.25) is 0 Å². The first kappa shape index (κ1) is 24.6. The van der Waals surface area contributed by atoms with Crippen LogP contribution in [-0.4, -0.2) is 46.2 Å². The number of nitrogens with one attached hydrogen (secondary N) is 1. The average molecular weight is 482 g/mol. The Bertz CT molecular complexity index is 1050. The number of anilines is 1. The normalized spacial score (nSPS) is 21.0. The molecule has 0 atom stereocenters. The highest BCUT2D eigenvalue weighted by Crippen LogP contribution is 2.31. The maximum atomic E-state index is 11.8. The molecule has 34 heavy (non-hydrogen) atoms. The molecule has 0 amide bonds. The molecule has 1 saturated carbocycles. The van der Waals surface area contributed by atoms with E-state index in [-0.39, 0.29) is 17.6 Å². The molecule has 2 aromatic rings. The lowest BCUT2D eigenvalue weighted by molar-refractivity contribution is 0.0703. The Labute approximate surface area is 206 Å². The highest BCUT2D eigenvalue weighted by atomic mass is 32.1. The monoisotopic (exact) mass is 481 g/mol. The number of rotatable bonds is 7. The van der Waals surface area contributed by atoms with Crippen molar-refractivity contribution in [2.24, 2.45) is 5.41 Å². The van der Waals surface area contributed by atoms with Crippen LogP contribution < -0.4 is 10.1 Å². The first-order valence-corrected chi connectivity index (χ1v) is 13.1. The van der Waals surface area contributed by atoms with Gasteiger partial charge in [0, 0.05) is 30.3 Å². The van der Waals surface area contributed by atoms with E-state index in [4.69, 9.17) is 4.74 Å². The van der Waals surface area contributed by atoms with Crippen LogP contribution in [0.25, 0.3) is 0 Å². The molecule has 0 bridgehead atoms. The molecule has 0 aromatic carbocycles. The summed E-state index contributed by atoms with van der Waals surface area (Å²) in [5, 5.41) is 13.1. The van der Waals surface area contributed by atoms with Crippen molar-refractivity contribution >= 4 is 23.0 Å². The molecular formula is C27H35N3O3S. The van der Waals surface area contributed by atoms with Crippen molar-refractivity contribution in [3.05, 3.63) is 39.8 Å². The average Bonchev–Trinajstić information content (AvgIpc) is 3.43. The van der Waals surface area contributed by atoms with Gasteiger partial charge in [0.25, 0.3) is 0 Å². The highest BCUT2D eigenvalue weighted by Gasteiger charge is 2.25. The van der Waals surface area contributed by atoms with Gasteiger partial charge in [-0.3, -0.25) is 9.88 Å². The van der Waals surface area contributed by atoms with E-state index >= 15 is 0 Å². The third-order valence-electron chi connectivity index (χ3n) is 6.20. The lowest BCUT2D eigenvalue weighted by atomic mass is 9.92. The van der Waals surface area contributed by atoms with E-state index in [1.165, 1.54) is 24.2 Å². The minimum atomic E-state index is -0.907. The first-order chi connectivity index (χ1) is 16.2.